The molecule has 2 aromatic carbocycles. The van der Waals surface area contributed by atoms with Gasteiger partial charge < -0.3 is 9.47 Å². The first-order valence-electron chi connectivity index (χ1n) is 8.19. The quantitative estimate of drug-likeness (QED) is 0.501. The lowest BCUT2D eigenvalue weighted by atomic mass is 10.2. The van der Waals surface area contributed by atoms with Crippen LogP contribution in [0.3, 0.4) is 0 Å². The average molecular weight is 401 g/mol. The molecule has 0 unspecified atom stereocenters. The fourth-order valence-electron chi connectivity index (χ4n) is 2.54. The third-order valence-electron chi connectivity index (χ3n) is 3.96. The number of halogens is 2. The van der Waals surface area contributed by atoms with E-state index in [4.69, 9.17) is 23.2 Å². The standard InChI is InChI=1S/C20H18Cl2N4O/c1-25(2)15-6-8-16(9-7-15)26-11-3-4-17(26)13-23-24-20(27)18-10-5-14(21)12-19(18)22/h3-13H,1-2H3,(H,24,27)/b23-13-. The number of carbonyl (C=O) groups excluding carboxylic acids is 1. The molecular formula is C20H18Cl2N4O. The molecule has 0 bridgehead atoms. The Balaban J connectivity index is 1.73. The lowest BCUT2D eigenvalue weighted by Crippen LogP contribution is -2.18. The van der Waals surface area contributed by atoms with Crippen molar-refractivity contribution in [2.24, 2.45) is 5.10 Å². The summed E-state index contributed by atoms with van der Waals surface area (Å²) < 4.78 is 1.98. The van der Waals surface area contributed by atoms with Crippen LogP contribution in [0.4, 0.5) is 5.69 Å². The molecule has 0 atom stereocenters. The minimum atomic E-state index is -0.402. The van der Waals surface area contributed by atoms with E-state index in [0.717, 1.165) is 17.1 Å². The number of benzene rings is 2. The van der Waals surface area contributed by atoms with Gasteiger partial charge in [0.25, 0.3) is 5.91 Å². The maximum absolute atomic E-state index is 12.2. The maximum Gasteiger partial charge on any atom is 0.272 e. The van der Waals surface area contributed by atoms with Crippen molar-refractivity contribution < 1.29 is 4.79 Å². The molecule has 0 radical (unpaired) electrons. The van der Waals surface area contributed by atoms with E-state index in [1.165, 1.54) is 6.07 Å². The number of carbonyl (C=O) groups is 1. The molecule has 138 valence electrons. The summed E-state index contributed by atoms with van der Waals surface area (Å²) in [5.41, 5.74) is 5.74. The molecule has 27 heavy (non-hydrogen) atoms. The summed E-state index contributed by atoms with van der Waals surface area (Å²) in [4.78, 5) is 14.2. The second-order valence-corrected chi connectivity index (χ2v) is 6.88. The van der Waals surface area contributed by atoms with Crippen molar-refractivity contribution in [3.63, 3.8) is 0 Å². The molecule has 0 aliphatic rings. The first-order chi connectivity index (χ1) is 13.0. The zero-order valence-corrected chi connectivity index (χ0v) is 16.4. The van der Waals surface area contributed by atoms with Gasteiger partial charge in [-0.15, -0.1) is 0 Å². The fraction of sp³-hybridized carbons (Fsp3) is 0.100. The first-order valence-corrected chi connectivity index (χ1v) is 8.95. The molecule has 3 rings (SSSR count). The van der Waals surface area contributed by atoms with Gasteiger partial charge in [0.05, 0.1) is 22.5 Å². The molecule has 3 aromatic rings. The van der Waals surface area contributed by atoms with Gasteiger partial charge in [0.15, 0.2) is 0 Å². The molecule has 1 amide bonds. The molecule has 0 aliphatic carbocycles. The van der Waals surface area contributed by atoms with Gasteiger partial charge in [-0.1, -0.05) is 23.2 Å². The van der Waals surface area contributed by atoms with E-state index in [0.29, 0.717) is 10.6 Å². The summed E-state index contributed by atoms with van der Waals surface area (Å²) in [6, 6.07) is 16.6. The molecule has 7 heteroatoms. The molecule has 0 fully saturated rings. The van der Waals surface area contributed by atoms with E-state index >= 15 is 0 Å². The predicted octanol–water partition coefficient (Wildman–Crippen LogP) is 4.61. The molecule has 5 nitrogen and oxygen atoms in total. The van der Waals surface area contributed by atoms with Gasteiger partial charge in [-0.3, -0.25) is 4.79 Å². The van der Waals surface area contributed by atoms with Gasteiger partial charge in [-0.25, -0.2) is 5.43 Å². The summed E-state index contributed by atoms with van der Waals surface area (Å²) >= 11 is 11.9. The minimum Gasteiger partial charge on any atom is -0.378 e. The van der Waals surface area contributed by atoms with Gasteiger partial charge in [0, 0.05) is 36.7 Å². The number of nitrogens with one attached hydrogen (secondary N) is 1. The Morgan fingerprint density at radius 1 is 1.11 bits per heavy atom. The second-order valence-electron chi connectivity index (χ2n) is 6.04. The molecule has 1 heterocycles. The number of nitrogens with zero attached hydrogens (tertiary/aromatic N) is 3. The number of amides is 1. The molecule has 0 saturated carbocycles. The number of rotatable bonds is 5. The number of hydrogen-bond acceptors (Lipinski definition) is 3. The summed E-state index contributed by atoms with van der Waals surface area (Å²) in [6.45, 7) is 0. The fourth-order valence-corrected chi connectivity index (χ4v) is 3.03. The lowest BCUT2D eigenvalue weighted by molar-refractivity contribution is 0.0955. The Kier molecular flexibility index (Phi) is 5.84. The number of anilines is 1. The molecule has 0 saturated heterocycles. The van der Waals surface area contributed by atoms with Gasteiger partial charge >= 0.3 is 0 Å². The average Bonchev–Trinajstić information content (AvgIpc) is 3.10. The van der Waals surface area contributed by atoms with Crippen molar-refractivity contribution in [3.05, 3.63) is 82.1 Å². The van der Waals surface area contributed by atoms with Crippen LogP contribution in [0.2, 0.25) is 10.0 Å². The Hall–Kier alpha value is -2.76. The van der Waals surface area contributed by atoms with Crippen LogP contribution in [0, 0.1) is 0 Å². The van der Waals surface area contributed by atoms with Crippen molar-refractivity contribution in [2.45, 2.75) is 0 Å². The van der Waals surface area contributed by atoms with Crippen LogP contribution in [0.25, 0.3) is 5.69 Å². The van der Waals surface area contributed by atoms with Gasteiger partial charge in [-0.2, -0.15) is 5.10 Å². The zero-order valence-electron chi connectivity index (χ0n) is 14.9. The van der Waals surface area contributed by atoms with Crippen LogP contribution in [0.15, 0.2) is 65.9 Å². The number of aromatic nitrogens is 1. The summed E-state index contributed by atoms with van der Waals surface area (Å²) in [6.07, 6.45) is 3.52. The Bertz CT molecular complexity index is 978. The minimum absolute atomic E-state index is 0.277. The zero-order chi connectivity index (χ0) is 19.4. The normalized spacial score (nSPS) is 11.0. The van der Waals surface area contributed by atoms with Crippen LogP contribution < -0.4 is 10.3 Å². The summed E-state index contributed by atoms with van der Waals surface area (Å²) in [5.74, 6) is -0.402. The van der Waals surface area contributed by atoms with E-state index in [1.807, 2.05) is 66.2 Å². The topological polar surface area (TPSA) is 49.6 Å². The highest BCUT2D eigenvalue weighted by molar-refractivity contribution is 6.36. The molecule has 1 aromatic heterocycles. The Morgan fingerprint density at radius 3 is 2.52 bits per heavy atom. The second kappa shape index (κ2) is 8.29. The largest absolute Gasteiger partial charge is 0.378 e. The number of hydrogen-bond donors (Lipinski definition) is 1. The van der Waals surface area contributed by atoms with E-state index < -0.39 is 5.91 Å². The summed E-state index contributed by atoms with van der Waals surface area (Å²) in [7, 11) is 4.00. The van der Waals surface area contributed by atoms with Crippen molar-refractivity contribution in [3.8, 4) is 5.69 Å². The van der Waals surface area contributed by atoms with Crippen LogP contribution in [-0.2, 0) is 0 Å². The van der Waals surface area contributed by atoms with E-state index in [2.05, 4.69) is 10.5 Å². The van der Waals surface area contributed by atoms with E-state index in [1.54, 1.807) is 18.3 Å². The molecule has 1 N–H and O–H groups in total. The smallest absolute Gasteiger partial charge is 0.272 e. The van der Waals surface area contributed by atoms with Crippen LogP contribution in [-0.4, -0.2) is 30.8 Å². The van der Waals surface area contributed by atoms with Crippen molar-refractivity contribution in [1.82, 2.24) is 9.99 Å². The molecule has 0 aliphatic heterocycles. The maximum atomic E-state index is 12.2. The van der Waals surface area contributed by atoms with E-state index in [-0.39, 0.29) is 5.02 Å². The lowest BCUT2D eigenvalue weighted by Gasteiger charge is -2.13. The highest BCUT2D eigenvalue weighted by Gasteiger charge is 2.10. The third kappa shape index (κ3) is 4.51. The molecular weight excluding hydrogens is 383 g/mol. The van der Waals surface area contributed by atoms with Crippen molar-refractivity contribution in [2.75, 3.05) is 19.0 Å². The van der Waals surface area contributed by atoms with E-state index in [9.17, 15) is 4.79 Å². The third-order valence-corrected chi connectivity index (χ3v) is 4.51. The highest BCUT2D eigenvalue weighted by atomic mass is 35.5. The monoisotopic (exact) mass is 400 g/mol. The van der Waals surface area contributed by atoms with Crippen LogP contribution >= 0.6 is 23.2 Å². The number of hydrazone groups is 1. The Labute approximate surface area is 167 Å². The van der Waals surface area contributed by atoms with Crippen LogP contribution in [0.1, 0.15) is 16.1 Å². The SMILES string of the molecule is CN(C)c1ccc(-n2cccc2/C=N\NC(=O)c2ccc(Cl)cc2Cl)cc1. The first kappa shape index (κ1) is 19.0. The highest BCUT2D eigenvalue weighted by Crippen LogP contribution is 2.21. The van der Waals surface area contributed by atoms with Crippen molar-refractivity contribution in [1.29, 1.82) is 0 Å². The Morgan fingerprint density at radius 2 is 1.85 bits per heavy atom. The van der Waals surface area contributed by atoms with Gasteiger partial charge in [0.2, 0.25) is 0 Å². The van der Waals surface area contributed by atoms with Crippen molar-refractivity contribution >= 4 is 41.0 Å². The van der Waals surface area contributed by atoms with Crippen LogP contribution in [0.5, 0.6) is 0 Å². The van der Waals surface area contributed by atoms with Gasteiger partial charge in [-0.05, 0) is 54.6 Å². The molecule has 0 spiro atoms. The summed E-state index contributed by atoms with van der Waals surface area (Å²) in [5, 5.41) is 4.79. The predicted molar refractivity (Wildman–Crippen MR) is 112 cm³/mol. The van der Waals surface area contributed by atoms with Gasteiger partial charge in [0.1, 0.15) is 0 Å².